The molecule has 5 heteroatoms. The van der Waals surface area contributed by atoms with Crippen molar-refractivity contribution in [3.8, 4) is 17.6 Å². The van der Waals surface area contributed by atoms with Crippen molar-refractivity contribution in [3.63, 3.8) is 0 Å². The van der Waals surface area contributed by atoms with Crippen LogP contribution in [0.4, 0.5) is 4.39 Å². The molecule has 29 heavy (non-hydrogen) atoms. The van der Waals surface area contributed by atoms with Gasteiger partial charge in [-0.05, 0) is 50.1 Å². The molecule has 0 aliphatic carbocycles. The van der Waals surface area contributed by atoms with Crippen LogP contribution in [0.5, 0.6) is 5.75 Å². The van der Waals surface area contributed by atoms with Gasteiger partial charge in [-0.2, -0.15) is 0 Å². The van der Waals surface area contributed by atoms with E-state index in [4.69, 9.17) is 4.74 Å². The van der Waals surface area contributed by atoms with E-state index in [9.17, 15) is 9.18 Å². The molecule has 1 aromatic heterocycles. The highest BCUT2D eigenvalue weighted by molar-refractivity contribution is 5.97. The molecule has 0 radical (unpaired) electrons. The standard InChI is InChI=1S/C24H23FN2O2/c1-2-3-4-5-6-15-29-22-11-7-9-20(23(22)25)17-27-24(28)19-12-13-21-18(16-19)10-8-14-26-21/h7-14,16H,4-6,15,17H2,1H3,(H,27,28). The molecule has 0 saturated carbocycles. The van der Waals surface area contributed by atoms with Crippen molar-refractivity contribution in [1.29, 1.82) is 0 Å². The second-order valence-electron chi connectivity index (χ2n) is 6.56. The number of carbonyl (C=O) groups excluding carboxylic acids is 1. The number of hydrogen-bond donors (Lipinski definition) is 1. The van der Waals surface area contributed by atoms with E-state index >= 15 is 0 Å². The Labute approximate surface area is 170 Å². The maximum atomic E-state index is 14.7. The lowest BCUT2D eigenvalue weighted by atomic mass is 10.1. The second kappa shape index (κ2) is 10.2. The largest absolute Gasteiger partial charge is 0.491 e. The van der Waals surface area contributed by atoms with Gasteiger partial charge in [0.2, 0.25) is 0 Å². The monoisotopic (exact) mass is 390 g/mol. The summed E-state index contributed by atoms with van der Waals surface area (Å²) in [5, 5.41) is 3.65. The van der Waals surface area contributed by atoms with Crippen LogP contribution in [0.2, 0.25) is 0 Å². The van der Waals surface area contributed by atoms with Crippen molar-refractivity contribution < 1.29 is 13.9 Å². The van der Waals surface area contributed by atoms with Crippen LogP contribution in [0, 0.1) is 17.7 Å². The lowest BCUT2D eigenvalue weighted by molar-refractivity contribution is 0.0950. The molecule has 0 bridgehead atoms. The Morgan fingerprint density at radius 2 is 2.07 bits per heavy atom. The predicted molar refractivity (Wildman–Crippen MR) is 112 cm³/mol. The number of hydrogen-bond acceptors (Lipinski definition) is 3. The maximum Gasteiger partial charge on any atom is 0.251 e. The number of rotatable bonds is 8. The Bertz CT molecular complexity index is 1050. The van der Waals surface area contributed by atoms with Crippen molar-refractivity contribution >= 4 is 16.8 Å². The Hall–Kier alpha value is -3.39. The first-order valence-corrected chi connectivity index (χ1v) is 9.62. The molecule has 0 unspecified atom stereocenters. The number of nitrogens with zero attached hydrogens (tertiary/aromatic N) is 1. The van der Waals surface area contributed by atoms with Gasteiger partial charge in [0, 0.05) is 35.7 Å². The van der Waals surface area contributed by atoms with Crippen LogP contribution in [0.15, 0.2) is 54.7 Å². The van der Waals surface area contributed by atoms with Crippen LogP contribution >= 0.6 is 0 Å². The molecule has 4 nitrogen and oxygen atoms in total. The van der Waals surface area contributed by atoms with E-state index < -0.39 is 5.82 Å². The summed E-state index contributed by atoms with van der Waals surface area (Å²) in [6, 6.07) is 14.0. The fourth-order valence-corrected chi connectivity index (χ4v) is 2.92. The molecule has 0 atom stereocenters. The molecule has 3 rings (SSSR count). The summed E-state index contributed by atoms with van der Waals surface area (Å²) in [5.74, 6) is 5.34. The van der Waals surface area contributed by atoms with Gasteiger partial charge in [0.1, 0.15) is 0 Å². The zero-order valence-electron chi connectivity index (χ0n) is 16.4. The molecule has 0 aliphatic heterocycles. The molecule has 0 fully saturated rings. The Kier molecular flexibility index (Phi) is 7.18. The van der Waals surface area contributed by atoms with Gasteiger partial charge in [0.15, 0.2) is 11.6 Å². The molecular formula is C24H23FN2O2. The van der Waals surface area contributed by atoms with Crippen LogP contribution in [0.1, 0.15) is 42.1 Å². The Morgan fingerprint density at radius 3 is 2.93 bits per heavy atom. The summed E-state index contributed by atoms with van der Waals surface area (Å²) in [7, 11) is 0. The van der Waals surface area contributed by atoms with Crippen molar-refractivity contribution in [3.05, 3.63) is 71.7 Å². The minimum absolute atomic E-state index is 0.0824. The topological polar surface area (TPSA) is 51.2 Å². The number of aromatic nitrogens is 1. The third-order valence-corrected chi connectivity index (χ3v) is 4.48. The van der Waals surface area contributed by atoms with Crippen LogP contribution in [-0.2, 0) is 6.54 Å². The van der Waals surface area contributed by atoms with Crippen LogP contribution in [0.25, 0.3) is 10.9 Å². The van der Waals surface area contributed by atoms with Gasteiger partial charge in [-0.1, -0.05) is 18.2 Å². The predicted octanol–water partition coefficient (Wildman–Crippen LogP) is 4.88. The molecule has 1 amide bonds. The van der Waals surface area contributed by atoms with Gasteiger partial charge in [0.05, 0.1) is 12.1 Å². The average molecular weight is 390 g/mol. The smallest absolute Gasteiger partial charge is 0.251 e. The molecule has 2 aromatic carbocycles. The van der Waals surface area contributed by atoms with E-state index in [0.29, 0.717) is 17.7 Å². The van der Waals surface area contributed by atoms with Gasteiger partial charge in [-0.15, -0.1) is 11.8 Å². The first-order valence-electron chi connectivity index (χ1n) is 9.62. The number of amides is 1. The van der Waals surface area contributed by atoms with Crippen molar-refractivity contribution in [2.24, 2.45) is 0 Å². The van der Waals surface area contributed by atoms with E-state index in [0.717, 1.165) is 30.2 Å². The molecule has 0 saturated heterocycles. The third-order valence-electron chi connectivity index (χ3n) is 4.48. The number of ether oxygens (including phenoxy) is 1. The summed E-state index contributed by atoms with van der Waals surface area (Å²) in [5.41, 5.74) is 1.71. The van der Waals surface area contributed by atoms with Crippen molar-refractivity contribution in [2.75, 3.05) is 6.61 Å². The molecular weight excluding hydrogens is 367 g/mol. The van der Waals surface area contributed by atoms with E-state index in [1.807, 2.05) is 19.1 Å². The summed E-state index contributed by atoms with van der Waals surface area (Å²) in [6.07, 6.45) is 4.25. The fourth-order valence-electron chi connectivity index (χ4n) is 2.92. The van der Waals surface area contributed by atoms with Crippen molar-refractivity contribution in [1.82, 2.24) is 10.3 Å². The number of halogens is 1. The lowest BCUT2D eigenvalue weighted by Crippen LogP contribution is -2.23. The van der Waals surface area contributed by atoms with Gasteiger partial charge in [-0.25, -0.2) is 4.39 Å². The fraction of sp³-hybridized carbons (Fsp3) is 0.250. The number of pyridine rings is 1. The molecule has 3 aromatic rings. The highest BCUT2D eigenvalue weighted by Gasteiger charge is 2.12. The molecule has 0 spiro atoms. The zero-order chi connectivity index (χ0) is 20.5. The quantitative estimate of drug-likeness (QED) is 0.441. The minimum atomic E-state index is -0.441. The lowest BCUT2D eigenvalue weighted by Gasteiger charge is -2.11. The first-order chi connectivity index (χ1) is 14.2. The van der Waals surface area contributed by atoms with Gasteiger partial charge in [0.25, 0.3) is 5.91 Å². The van der Waals surface area contributed by atoms with E-state index in [2.05, 4.69) is 22.1 Å². The minimum Gasteiger partial charge on any atom is -0.491 e. The highest BCUT2D eigenvalue weighted by atomic mass is 19.1. The van der Waals surface area contributed by atoms with Crippen molar-refractivity contribution in [2.45, 2.75) is 32.7 Å². The second-order valence-corrected chi connectivity index (χ2v) is 6.56. The van der Waals surface area contributed by atoms with Gasteiger partial charge < -0.3 is 10.1 Å². The van der Waals surface area contributed by atoms with E-state index in [1.165, 1.54) is 0 Å². The van der Waals surface area contributed by atoms with Gasteiger partial charge >= 0.3 is 0 Å². The van der Waals surface area contributed by atoms with Crippen LogP contribution in [-0.4, -0.2) is 17.5 Å². The zero-order valence-corrected chi connectivity index (χ0v) is 16.4. The Morgan fingerprint density at radius 1 is 1.17 bits per heavy atom. The maximum absolute atomic E-state index is 14.7. The summed E-state index contributed by atoms with van der Waals surface area (Å²) < 4.78 is 20.2. The number of fused-ring (bicyclic) bond motifs is 1. The molecule has 0 aliphatic rings. The Balaban J connectivity index is 1.57. The number of benzene rings is 2. The summed E-state index contributed by atoms with van der Waals surface area (Å²) >= 11 is 0. The van der Waals surface area contributed by atoms with Crippen LogP contribution < -0.4 is 10.1 Å². The summed E-state index contributed by atoms with van der Waals surface area (Å²) in [6.45, 7) is 2.33. The SMILES string of the molecule is CC#CCCCCOc1cccc(CNC(=O)c2ccc3ncccc3c2)c1F. The third kappa shape index (κ3) is 5.55. The number of carbonyl (C=O) groups is 1. The first kappa shape index (κ1) is 20.3. The van der Waals surface area contributed by atoms with E-state index in [-0.39, 0.29) is 18.2 Å². The number of unbranched alkanes of at least 4 members (excludes halogenated alkanes) is 2. The normalized spacial score (nSPS) is 10.3. The molecule has 148 valence electrons. The van der Waals surface area contributed by atoms with Gasteiger partial charge in [-0.3, -0.25) is 9.78 Å². The average Bonchev–Trinajstić information content (AvgIpc) is 2.75. The van der Waals surface area contributed by atoms with Crippen LogP contribution in [0.3, 0.4) is 0 Å². The highest BCUT2D eigenvalue weighted by Crippen LogP contribution is 2.21. The summed E-state index contributed by atoms with van der Waals surface area (Å²) in [4.78, 5) is 16.7. The molecule has 1 N–H and O–H groups in total. The molecule has 1 heterocycles. The number of nitrogens with one attached hydrogen (secondary N) is 1. The van der Waals surface area contributed by atoms with E-state index in [1.54, 1.807) is 42.6 Å².